The van der Waals surface area contributed by atoms with E-state index in [1.54, 1.807) is 62.4 Å². The highest BCUT2D eigenvalue weighted by Gasteiger charge is 2.06. The lowest BCUT2D eigenvalue weighted by Gasteiger charge is -2.04. The van der Waals surface area contributed by atoms with E-state index in [2.05, 4.69) is 21.1 Å². The maximum atomic E-state index is 11.9. The summed E-state index contributed by atoms with van der Waals surface area (Å²) in [6, 6.07) is 17.5. The van der Waals surface area contributed by atoms with E-state index in [0.717, 1.165) is 0 Å². The molecule has 0 aliphatic heterocycles. The average Bonchev–Trinajstić information content (AvgIpc) is 2.64. The normalized spacial score (nSPS) is 11.8. The quantitative estimate of drug-likeness (QED) is 0.655. The van der Waals surface area contributed by atoms with Crippen LogP contribution in [-0.2, 0) is 0 Å². The van der Waals surface area contributed by atoms with Crippen LogP contribution in [0.1, 0.15) is 34.6 Å². The molecule has 6 nitrogen and oxygen atoms in total. The Bertz CT molecular complexity index is 701. The van der Waals surface area contributed by atoms with Gasteiger partial charge >= 0.3 is 0 Å². The second kappa shape index (κ2) is 8.38. The fourth-order valence-electron chi connectivity index (χ4n) is 1.74. The van der Waals surface area contributed by atoms with Crippen LogP contribution in [0.25, 0.3) is 0 Å². The second-order valence-corrected chi connectivity index (χ2v) is 5.01. The Morgan fingerprint density at radius 2 is 1.00 bits per heavy atom. The van der Waals surface area contributed by atoms with Crippen LogP contribution < -0.4 is 10.9 Å². The van der Waals surface area contributed by atoms with Crippen LogP contribution in [0.15, 0.2) is 70.9 Å². The minimum absolute atomic E-state index is 0.309. The van der Waals surface area contributed by atoms with Crippen molar-refractivity contribution in [1.29, 1.82) is 0 Å². The van der Waals surface area contributed by atoms with Crippen LogP contribution in [0.2, 0.25) is 0 Å². The summed E-state index contributed by atoms with van der Waals surface area (Å²) in [6.45, 7) is 3.39. The SMILES string of the molecule is CC(=NNC(=O)c1ccccc1)C(C)=NNC(=O)c1ccccc1. The van der Waals surface area contributed by atoms with Crippen molar-refractivity contribution in [3.05, 3.63) is 71.8 Å². The van der Waals surface area contributed by atoms with Gasteiger partial charge in [0.25, 0.3) is 11.8 Å². The minimum atomic E-state index is -0.309. The molecule has 0 radical (unpaired) electrons. The van der Waals surface area contributed by atoms with Gasteiger partial charge in [-0.25, -0.2) is 10.9 Å². The van der Waals surface area contributed by atoms with Crippen molar-refractivity contribution in [2.45, 2.75) is 13.8 Å². The number of benzene rings is 2. The Hall–Kier alpha value is -3.28. The summed E-state index contributed by atoms with van der Waals surface area (Å²) in [6.07, 6.45) is 0. The molecule has 122 valence electrons. The first-order valence-electron chi connectivity index (χ1n) is 7.37. The van der Waals surface area contributed by atoms with Gasteiger partial charge in [0.1, 0.15) is 0 Å². The number of hydrazone groups is 2. The number of carbonyl (C=O) groups excluding carboxylic acids is 2. The van der Waals surface area contributed by atoms with Gasteiger partial charge in [-0.2, -0.15) is 10.2 Å². The fourth-order valence-corrected chi connectivity index (χ4v) is 1.74. The maximum Gasteiger partial charge on any atom is 0.271 e. The van der Waals surface area contributed by atoms with Gasteiger partial charge in [-0.05, 0) is 38.1 Å². The van der Waals surface area contributed by atoms with Gasteiger partial charge < -0.3 is 0 Å². The molecule has 0 heterocycles. The van der Waals surface area contributed by atoms with E-state index in [9.17, 15) is 9.59 Å². The number of amides is 2. The van der Waals surface area contributed by atoms with E-state index in [4.69, 9.17) is 0 Å². The summed E-state index contributed by atoms with van der Waals surface area (Å²) in [5.74, 6) is -0.618. The van der Waals surface area contributed by atoms with Gasteiger partial charge in [-0.3, -0.25) is 9.59 Å². The predicted molar refractivity (Wildman–Crippen MR) is 94.0 cm³/mol. The van der Waals surface area contributed by atoms with Crippen molar-refractivity contribution >= 4 is 23.2 Å². The molecule has 2 aromatic carbocycles. The molecule has 0 aliphatic carbocycles. The predicted octanol–water partition coefficient (Wildman–Crippen LogP) is 2.60. The summed E-state index contributed by atoms with van der Waals surface area (Å²) in [7, 11) is 0. The summed E-state index contributed by atoms with van der Waals surface area (Å²) < 4.78 is 0. The smallest absolute Gasteiger partial charge is 0.267 e. The number of nitrogens with zero attached hydrogens (tertiary/aromatic N) is 2. The Kier molecular flexibility index (Phi) is 5.96. The Balaban J connectivity index is 1.94. The molecule has 2 aromatic rings. The van der Waals surface area contributed by atoms with Crippen LogP contribution in [0.3, 0.4) is 0 Å². The van der Waals surface area contributed by atoms with Gasteiger partial charge in [-0.1, -0.05) is 36.4 Å². The first-order valence-corrected chi connectivity index (χ1v) is 7.37. The topological polar surface area (TPSA) is 82.9 Å². The highest BCUT2D eigenvalue weighted by molar-refractivity contribution is 6.40. The molecule has 0 aliphatic rings. The number of hydrogen-bond donors (Lipinski definition) is 2. The fraction of sp³-hybridized carbons (Fsp3) is 0.111. The van der Waals surface area contributed by atoms with Crippen molar-refractivity contribution in [3.63, 3.8) is 0 Å². The Morgan fingerprint density at radius 1 is 0.667 bits per heavy atom. The van der Waals surface area contributed by atoms with Crippen molar-refractivity contribution in [2.24, 2.45) is 10.2 Å². The van der Waals surface area contributed by atoms with Crippen molar-refractivity contribution in [2.75, 3.05) is 0 Å². The van der Waals surface area contributed by atoms with E-state index in [1.807, 2.05) is 12.1 Å². The third-order valence-corrected chi connectivity index (χ3v) is 3.25. The maximum absolute atomic E-state index is 11.9. The third kappa shape index (κ3) is 4.88. The average molecular weight is 322 g/mol. The Morgan fingerprint density at radius 3 is 1.33 bits per heavy atom. The number of carbonyl (C=O) groups is 2. The highest BCUT2D eigenvalue weighted by atomic mass is 16.2. The van der Waals surface area contributed by atoms with E-state index < -0.39 is 0 Å². The molecule has 0 saturated carbocycles. The first kappa shape index (κ1) is 17.1. The van der Waals surface area contributed by atoms with E-state index in [1.165, 1.54) is 0 Å². The first-order chi connectivity index (χ1) is 11.6. The van der Waals surface area contributed by atoms with Crippen LogP contribution in [-0.4, -0.2) is 23.2 Å². The molecule has 0 atom stereocenters. The lowest BCUT2D eigenvalue weighted by molar-refractivity contribution is 0.0946. The number of nitrogens with one attached hydrogen (secondary N) is 2. The highest BCUT2D eigenvalue weighted by Crippen LogP contribution is 1.99. The van der Waals surface area contributed by atoms with Gasteiger partial charge in [0.15, 0.2) is 0 Å². The monoisotopic (exact) mass is 322 g/mol. The van der Waals surface area contributed by atoms with Crippen molar-refractivity contribution in [1.82, 2.24) is 10.9 Å². The summed E-state index contributed by atoms with van der Waals surface area (Å²) >= 11 is 0. The molecule has 2 N–H and O–H groups in total. The van der Waals surface area contributed by atoms with Crippen molar-refractivity contribution < 1.29 is 9.59 Å². The summed E-state index contributed by atoms with van der Waals surface area (Å²) in [4.78, 5) is 23.8. The number of rotatable bonds is 5. The largest absolute Gasteiger partial charge is 0.271 e. The molecule has 24 heavy (non-hydrogen) atoms. The molecule has 0 unspecified atom stereocenters. The molecule has 0 spiro atoms. The zero-order chi connectivity index (χ0) is 17.4. The number of hydrogen-bond acceptors (Lipinski definition) is 4. The summed E-state index contributed by atoms with van der Waals surface area (Å²) in [5, 5.41) is 7.97. The molecule has 0 saturated heterocycles. The van der Waals surface area contributed by atoms with E-state index >= 15 is 0 Å². The molecule has 0 bridgehead atoms. The molecule has 2 rings (SSSR count). The lowest BCUT2D eigenvalue weighted by Crippen LogP contribution is -2.24. The molecule has 0 fully saturated rings. The van der Waals surface area contributed by atoms with Gasteiger partial charge in [0.05, 0.1) is 11.4 Å². The standard InChI is InChI=1S/C18H18N4O2/c1-13(19-21-17(23)15-9-5-3-6-10-15)14(2)20-22-18(24)16-11-7-4-8-12-16/h3-12H,1-2H3,(H,21,23)(H,22,24). The zero-order valence-electron chi connectivity index (χ0n) is 13.5. The molecular weight excluding hydrogens is 304 g/mol. The molecule has 0 aromatic heterocycles. The zero-order valence-corrected chi connectivity index (χ0v) is 13.5. The van der Waals surface area contributed by atoms with Crippen LogP contribution in [0.4, 0.5) is 0 Å². The minimum Gasteiger partial charge on any atom is -0.267 e. The van der Waals surface area contributed by atoms with Gasteiger partial charge in [0.2, 0.25) is 0 Å². The second-order valence-electron chi connectivity index (χ2n) is 5.01. The third-order valence-electron chi connectivity index (χ3n) is 3.25. The molecular formula is C18H18N4O2. The van der Waals surface area contributed by atoms with E-state index in [-0.39, 0.29) is 11.8 Å². The van der Waals surface area contributed by atoms with Gasteiger partial charge in [0, 0.05) is 11.1 Å². The lowest BCUT2D eigenvalue weighted by atomic mass is 10.2. The molecule has 6 heteroatoms. The Labute approximate surface area is 140 Å². The van der Waals surface area contributed by atoms with Crippen LogP contribution >= 0.6 is 0 Å². The summed E-state index contributed by atoms with van der Waals surface area (Å²) in [5.41, 5.74) is 6.92. The molecule has 2 amide bonds. The van der Waals surface area contributed by atoms with Gasteiger partial charge in [-0.15, -0.1) is 0 Å². The van der Waals surface area contributed by atoms with Crippen LogP contribution in [0, 0.1) is 0 Å². The van der Waals surface area contributed by atoms with Crippen molar-refractivity contribution in [3.8, 4) is 0 Å². The van der Waals surface area contributed by atoms with E-state index in [0.29, 0.717) is 22.6 Å². The van der Waals surface area contributed by atoms with Crippen LogP contribution in [0.5, 0.6) is 0 Å².